The summed E-state index contributed by atoms with van der Waals surface area (Å²) in [5, 5.41) is 0. The molecule has 16 heavy (non-hydrogen) atoms. The average Bonchev–Trinajstić information content (AvgIpc) is 2.20. The van der Waals surface area contributed by atoms with Crippen LogP contribution >= 0.6 is 0 Å². The van der Waals surface area contributed by atoms with Gasteiger partial charge in [-0.2, -0.15) is 0 Å². The zero-order valence-electron chi connectivity index (χ0n) is 9.20. The number of nitrogens with two attached hydrogens (primary N) is 1. The molecule has 3 N–H and O–H groups in total. The Labute approximate surface area is 94.7 Å². The van der Waals surface area contributed by atoms with E-state index in [1.54, 1.807) is 13.8 Å². The summed E-state index contributed by atoms with van der Waals surface area (Å²) in [6.07, 6.45) is 0. The van der Waals surface area contributed by atoms with Crippen LogP contribution < -0.4 is 10.5 Å². The lowest BCUT2D eigenvalue weighted by Crippen LogP contribution is -2.38. The third-order valence-electron chi connectivity index (χ3n) is 2.09. The minimum absolute atomic E-state index is 0.159. The second-order valence-electron chi connectivity index (χ2n) is 3.69. The Morgan fingerprint density at radius 2 is 2.12 bits per heavy atom. The quantitative estimate of drug-likeness (QED) is 0.823. The predicted molar refractivity (Wildman–Crippen MR) is 60.0 cm³/mol. The molecule has 0 amide bonds. The van der Waals surface area contributed by atoms with Crippen molar-refractivity contribution in [2.75, 3.05) is 6.54 Å². The molecule has 0 radical (unpaired) electrons. The lowest BCUT2D eigenvalue weighted by molar-refractivity contribution is 0.544. The number of sulfonamides is 1. The van der Waals surface area contributed by atoms with Gasteiger partial charge in [0.25, 0.3) is 0 Å². The van der Waals surface area contributed by atoms with E-state index in [4.69, 9.17) is 5.73 Å². The molecule has 90 valence electrons. The molecule has 1 aromatic carbocycles. The summed E-state index contributed by atoms with van der Waals surface area (Å²) in [7, 11) is -3.83. The first-order chi connectivity index (χ1) is 7.36. The summed E-state index contributed by atoms with van der Waals surface area (Å²) in [5.41, 5.74) is 5.99. The minimum Gasteiger partial charge on any atom is -0.329 e. The Hall–Kier alpha value is -0.980. The van der Waals surface area contributed by atoms with Crippen molar-refractivity contribution in [2.45, 2.75) is 24.8 Å². The van der Waals surface area contributed by atoms with Crippen LogP contribution in [0.1, 0.15) is 12.5 Å². The van der Waals surface area contributed by atoms with Crippen molar-refractivity contribution in [3.8, 4) is 0 Å². The second kappa shape index (κ2) is 4.90. The van der Waals surface area contributed by atoms with Gasteiger partial charge in [0.2, 0.25) is 10.0 Å². The number of hydrogen-bond donors (Lipinski definition) is 2. The molecule has 1 aromatic rings. The van der Waals surface area contributed by atoms with Crippen molar-refractivity contribution in [1.29, 1.82) is 0 Å². The Morgan fingerprint density at radius 1 is 1.50 bits per heavy atom. The van der Waals surface area contributed by atoms with Gasteiger partial charge < -0.3 is 5.73 Å². The normalized spacial score (nSPS) is 13.8. The third-order valence-corrected chi connectivity index (χ3v) is 3.69. The van der Waals surface area contributed by atoms with E-state index >= 15 is 0 Å². The molecule has 0 aliphatic carbocycles. The fourth-order valence-electron chi connectivity index (χ4n) is 1.19. The SMILES string of the molecule is Cc1ccc(F)c(S(=O)(=O)N[C@H](C)CN)c1. The molecule has 1 rings (SSSR count). The largest absolute Gasteiger partial charge is 0.329 e. The Morgan fingerprint density at radius 3 is 2.69 bits per heavy atom. The maximum absolute atomic E-state index is 13.4. The molecular weight excluding hydrogens is 231 g/mol. The molecular formula is C10H15FN2O2S. The third kappa shape index (κ3) is 3.01. The monoisotopic (exact) mass is 246 g/mol. The fourth-order valence-corrected chi connectivity index (χ4v) is 2.61. The summed E-state index contributed by atoms with van der Waals surface area (Å²) in [5.74, 6) is -0.762. The zero-order chi connectivity index (χ0) is 12.3. The Kier molecular flexibility index (Phi) is 4.01. The predicted octanol–water partition coefficient (Wildman–Crippen LogP) is 0.760. The highest BCUT2D eigenvalue weighted by molar-refractivity contribution is 7.89. The highest BCUT2D eigenvalue weighted by Gasteiger charge is 2.20. The Bertz CT molecular complexity index is 474. The smallest absolute Gasteiger partial charge is 0.243 e. The summed E-state index contributed by atoms with van der Waals surface area (Å²) in [6, 6.07) is 3.52. The molecule has 0 aromatic heterocycles. The van der Waals surface area contributed by atoms with Crippen LogP contribution in [0.25, 0.3) is 0 Å². The van der Waals surface area contributed by atoms with Crippen LogP contribution in [-0.4, -0.2) is 21.0 Å². The van der Waals surface area contributed by atoms with Crippen molar-refractivity contribution < 1.29 is 12.8 Å². The van der Waals surface area contributed by atoms with Gasteiger partial charge in [-0.1, -0.05) is 6.07 Å². The van der Waals surface area contributed by atoms with Crippen LogP contribution in [-0.2, 0) is 10.0 Å². The van der Waals surface area contributed by atoms with E-state index in [-0.39, 0.29) is 11.4 Å². The standard InChI is InChI=1S/C10H15FN2O2S/c1-7-3-4-9(11)10(5-7)16(14,15)13-8(2)6-12/h3-5,8,13H,6,12H2,1-2H3/t8-/m1/s1. The molecule has 0 aliphatic rings. The van der Waals surface area contributed by atoms with Crippen LogP contribution in [0.2, 0.25) is 0 Å². The van der Waals surface area contributed by atoms with Gasteiger partial charge in [-0.25, -0.2) is 17.5 Å². The highest BCUT2D eigenvalue weighted by atomic mass is 32.2. The van der Waals surface area contributed by atoms with Crippen LogP contribution in [0.15, 0.2) is 23.1 Å². The molecule has 0 fully saturated rings. The summed E-state index contributed by atoms with van der Waals surface area (Å²) < 4.78 is 39.2. The lowest BCUT2D eigenvalue weighted by atomic mass is 10.2. The topological polar surface area (TPSA) is 72.2 Å². The summed E-state index contributed by atoms with van der Waals surface area (Å²) in [6.45, 7) is 3.47. The summed E-state index contributed by atoms with van der Waals surface area (Å²) in [4.78, 5) is -0.340. The van der Waals surface area contributed by atoms with Crippen LogP contribution in [0.4, 0.5) is 4.39 Å². The van der Waals surface area contributed by atoms with Gasteiger partial charge in [0.1, 0.15) is 10.7 Å². The maximum atomic E-state index is 13.4. The average molecular weight is 246 g/mol. The lowest BCUT2D eigenvalue weighted by Gasteiger charge is -2.12. The van der Waals surface area contributed by atoms with Crippen molar-refractivity contribution in [1.82, 2.24) is 4.72 Å². The van der Waals surface area contributed by atoms with Crippen molar-refractivity contribution in [3.05, 3.63) is 29.6 Å². The molecule has 4 nitrogen and oxygen atoms in total. The molecule has 0 saturated carbocycles. The van der Waals surface area contributed by atoms with E-state index in [0.29, 0.717) is 5.56 Å². The van der Waals surface area contributed by atoms with Gasteiger partial charge in [-0.15, -0.1) is 0 Å². The molecule has 1 atom stereocenters. The van der Waals surface area contributed by atoms with Crippen LogP contribution in [0.5, 0.6) is 0 Å². The minimum atomic E-state index is -3.83. The van der Waals surface area contributed by atoms with Crippen LogP contribution in [0, 0.1) is 12.7 Å². The number of aryl methyl sites for hydroxylation is 1. The van der Waals surface area contributed by atoms with Crippen molar-refractivity contribution in [3.63, 3.8) is 0 Å². The van der Waals surface area contributed by atoms with E-state index in [2.05, 4.69) is 4.72 Å². The summed E-state index contributed by atoms with van der Waals surface area (Å²) >= 11 is 0. The van der Waals surface area contributed by atoms with Gasteiger partial charge in [0.15, 0.2) is 0 Å². The first-order valence-corrected chi connectivity index (χ1v) is 6.33. The number of benzene rings is 1. The number of rotatable bonds is 4. The number of nitrogens with one attached hydrogen (secondary N) is 1. The molecule has 0 aliphatic heterocycles. The van der Waals surface area contributed by atoms with Gasteiger partial charge in [-0.05, 0) is 31.5 Å². The van der Waals surface area contributed by atoms with E-state index < -0.39 is 21.9 Å². The first kappa shape index (κ1) is 13.1. The van der Waals surface area contributed by atoms with Gasteiger partial charge >= 0.3 is 0 Å². The molecule has 0 heterocycles. The maximum Gasteiger partial charge on any atom is 0.243 e. The van der Waals surface area contributed by atoms with Gasteiger partial charge in [0, 0.05) is 12.6 Å². The van der Waals surface area contributed by atoms with Gasteiger partial charge in [0.05, 0.1) is 0 Å². The molecule has 0 spiro atoms. The van der Waals surface area contributed by atoms with E-state index in [9.17, 15) is 12.8 Å². The number of hydrogen-bond acceptors (Lipinski definition) is 3. The zero-order valence-corrected chi connectivity index (χ0v) is 10.0. The first-order valence-electron chi connectivity index (χ1n) is 4.85. The van der Waals surface area contributed by atoms with E-state index in [1.165, 1.54) is 12.1 Å². The van der Waals surface area contributed by atoms with Gasteiger partial charge in [-0.3, -0.25) is 0 Å². The number of halogens is 1. The molecule has 0 bridgehead atoms. The molecule has 0 unspecified atom stereocenters. The van der Waals surface area contributed by atoms with Crippen molar-refractivity contribution in [2.24, 2.45) is 5.73 Å². The highest BCUT2D eigenvalue weighted by Crippen LogP contribution is 2.16. The molecule has 0 saturated heterocycles. The second-order valence-corrected chi connectivity index (χ2v) is 5.37. The van der Waals surface area contributed by atoms with E-state index in [1.807, 2.05) is 0 Å². The van der Waals surface area contributed by atoms with E-state index in [0.717, 1.165) is 6.07 Å². The Balaban J connectivity index is 3.12. The van der Waals surface area contributed by atoms with Crippen molar-refractivity contribution >= 4 is 10.0 Å². The molecule has 6 heteroatoms. The fraction of sp³-hybridized carbons (Fsp3) is 0.400. The van der Waals surface area contributed by atoms with Crippen LogP contribution in [0.3, 0.4) is 0 Å².